The standard InChI is InChI=1S/C9H7N5O3/c10-7(15)6-8-11-9(16)4-1-2-17-5(4)3-14(8)13-12-6/h1-2H,3H2,(H2,10,15)(H,11,16). The number of fused-ring (bicyclic) bond motifs is 2. The number of hydrogen-bond acceptors (Lipinski definition) is 5. The molecule has 17 heavy (non-hydrogen) atoms. The summed E-state index contributed by atoms with van der Waals surface area (Å²) in [4.78, 5) is 22.9. The van der Waals surface area contributed by atoms with Crippen LogP contribution in [0.25, 0.3) is 0 Å². The maximum Gasteiger partial charge on any atom is 0.273 e. The molecule has 0 aromatic carbocycles. The zero-order valence-electron chi connectivity index (χ0n) is 8.51. The van der Waals surface area contributed by atoms with Crippen LogP contribution < -0.4 is 11.1 Å². The highest BCUT2D eigenvalue weighted by atomic mass is 16.3. The molecule has 8 nitrogen and oxygen atoms in total. The van der Waals surface area contributed by atoms with Gasteiger partial charge in [0, 0.05) is 0 Å². The monoisotopic (exact) mass is 233 g/mol. The molecule has 0 atom stereocenters. The first-order chi connectivity index (χ1) is 8.16. The topological polar surface area (TPSA) is 116 Å². The molecule has 3 heterocycles. The number of primary amides is 1. The number of nitrogens with zero attached hydrogens (tertiary/aromatic N) is 3. The number of aromatic nitrogens is 3. The van der Waals surface area contributed by atoms with Gasteiger partial charge in [0.1, 0.15) is 12.3 Å². The molecule has 0 fully saturated rings. The minimum absolute atomic E-state index is 0.0662. The van der Waals surface area contributed by atoms with E-state index in [9.17, 15) is 9.59 Å². The van der Waals surface area contributed by atoms with E-state index in [0.717, 1.165) is 0 Å². The Morgan fingerprint density at radius 2 is 2.41 bits per heavy atom. The Bertz CT molecular complexity index is 626. The Kier molecular flexibility index (Phi) is 1.79. The molecule has 2 aromatic heterocycles. The molecule has 1 aliphatic heterocycles. The van der Waals surface area contributed by atoms with Crippen molar-refractivity contribution in [3.8, 4) is 0 Å². The van der Waals surface area contributed by atoms with Crippen LogP contribution in [0.5, 0.6) is 0 Å². The van der Waals surface area contributed by atoms with Crippen molar-refractivity contribution in [2.45, 2.75) is 6.54 Å². The van der Waals surface area contributed by atoms with Crippen molar-refractivity contribution in [1.82, 2.24) is 15.0 Å². The third-order valence-electron chi connectivity index (χ3n) is 2.48. The highest BCUT2D eigenvalue weighted by Gasteiger charge is 2.27. The van der Waals surface area contributed by atoms with Gasteiger partial charge in [-0.2, -0.15) is 0 Å². The molecular formula is C9H7N5O3. The predicted molar refractivity (Wildman–Crippen MR) is 54.3 cm³/mol. The number of amides is 2. The number of carbonyl (C=O) groups is 2. The second kappa shape index (κ2) is 3.17. The minimum atomic E-state index is -0.745. The van der Waals surface area contributed by atoms with Gasteiger partial charge in [-0.1, -0.05) is 5.21 Å². The predicted octanol–water partition coefficient (Wildman–Crippen LogP) is -0.416. The number of hydrogen-bond donors (Lipinski definition) is 2. The summed E-state index contributed by atoms with van der Waals surface area (Å²) in [6.07, 6.45) is 1.42. The molecule has 1 aliphatic rings. The normalized spacial score (nSPS) is 13.5. The van der Waals surface area contributed by atoms with Crippen LogP contribution in [0.2, 0.25) is 0 Å². The molecule has 2 amide bonds. The molecule has 0 unspecified atom stereocenters. The van der Waals surface area contributed by atoms with Crippen LogP contribution in [-0.2, 0) is 6.54 Å². The van der Waals surface area contributed by atoms with E-state index in [1.54, 1.807) is 6.07 Å². The fraction of sp³-hybridized carbons (Fsp3) is 0.111. The van der Waals surface area contributed by atoms with Crippen molar-refractivity contribution in [1.29, 1.82) is 0 Å². The van der Waals surface area contributed by atoms with Crippen LogP contribution in [0.1, 0.15) is 26.6 Å². The van der Waals surface area contributed by atoms with E-state index >= 15 is 0 Å². The fourth-order valence-corrected chi connectivity index (χ4v) is 1.69. The maximum absolute atomic E-state index is 11.8. The zero-order chi connectivity index (χ0) is 12.0. The van der Waals surface area contributed by atoms with Crippen LogP contribution in [0.15, 0.2) is 16.7 Å². The van der Waals surface area contributed by atoms with E-state index in [1.165, 1.54) is 10.9 Å². The van der Waals surface area contributed by atoms with Gasteiger partial charge in [-0.05, 0) is 6.07 Å². The minimum Gasteiger partial charge on any atom is -0.467 e. The average molecular weight is 233 g/mol. The van der Waals surface area contributed by atoms with Crippen molar-refractivity contribution in [3.05, 3.63) is 29.3 Å². The third kappa shape index (κ3) is 1.30. The van der Waals surface area contributed by atoms with Gasteiger partial charge >= 0.3 is 0 Å². The van der Waals surface area contributed by atoms with Crippen LogP contribution in [-0.4, -0.2) is 26.8 Å². The van der Waals surface area contributed by atoms with Crippen LogP contribution in [0.3, 0.4) is 0 Å². The molecule has 0 aliphatic carbocycles. The van der Waals surface area contributed by atoms with Gasteiger partial charge in [0.2, 0.25) is 0 Å². The molecular weight excluding hydrogens is 226 g/mol. The first-order valence-corrected chi connectivity index (χ1v) is 4.78. The molecule has 0 bridgehead atoms. The molecule has 3 rings (SSSR count). The molecule has 0 spiro atoms. The Hall–Kier alpha value is -2.64. The molecule has 0 radical (unpaired) electrons. The number of nitrogens with two attached hydrogens (primary N) is 1. The molecule has 2 aromatic rings. The number of nitrogens with one attached hydrogen (secondary N) is 1. The van der Waals surface area contributed by atoms with E-state index < -0.39 is 5.91 Å². The Balaban J connectivity index is 2.15. The number of anilines is 1. The van der Waals surface area contributed by atoms with E-state index in [0.29, 0.717) is 11.3 Å². The second-order valence-corrected chi connectivity index (χ2v) is 3.52. The van der Waals surface area contributed by atoms with Gasteiger partial charge in [-0.15, -0.1) is 5.10 Å². The second-order valence-electron chi connectivity index (χ2n) is 3.52. The van der Waals surface area contributed by atoms with Crippen molar-refractivity contribution in [2.24, 2.45) is 5.73 Å². The Morgan fingerprint density at radius 1 is 1.59 bits per heavy atom. The molecule has 8 heteroatoms. The summed E-state index contributed by atoms with van der Waals surface area (Å²) in [5, 5.41) is 9.89. The van der Waals surface area contributed by atoms with Crippen LogP contribution in [0.4, 0.5) is 5.82 Å². The van der Waals surface area contributed by atoms with Gasteiger partial charge in [-0.25, -0.2) is 4.68 Å². The van der Waals surface area contributed by atoms with Gasteiger partial charge in [-0.3, -0.25) is 9.59 Å². The maximum atomic E-state index is 11.8. The lowest BCUT2D eigenvalue weighted by molar-refractivity contribution is 0.0996. The lowest BCUT2D eigenvalue weighted by Crippen LogP contribution is -2.18. The number of furan rings is 1. The quantitative estimate of drug-likeness (QED) is 0.694. The Labute approximate surface area is 94.4 Å². The number of carbonyl (C=O) groups excluding carboxylic acids is 2. The van der Waals surface area contributed by atoms with Gasteiger partial charge < -0.3 is 15.5 Å². The zero-order valence-corrected chi connectivity index (χ0v) is 8.51. The summed E-state index contributed by atoms with van der Waals surface area (Å²) in [7, 11) is 0. The molecule has 3 N–H and O–H groups in total. The van der Waals surface area contributed by atoms with E-state index in [4.69, 9.17) is 10.2 Å². The molecule has 86 valence electrons. The molecule has 0 saturated heterocycles. The highest BCUT2D eigenvalue weighted by Crippen LogP contribution is 2.22. The van der Waals surface area contributed by atoms with Gasteiger partial charge in [0.05, 0.1) is 11.8 Å². The lowest BCUT2D eigenvalue weighted by atomic mass is 10.2. The smallest absolute Gasteiger partial charge is 0.273 e. The summed E-state index contributed by atoms with van der Waals surface area (Å²) in [6.45, 7) is 0.219. The first-order valence-electron chi connectivity index (χ1n) is 4.78. The van der Waals surface area contributed by atoms with Gasteiger partial charge in [0.25, 0.3) is 11.8 Å². The average Bonchev–Trinajstić information content (AvgIpc) is 2.85. The fourth-order valence-electron chi connectivity index (χ4n) is 1.69. The third-order valence-corrected chi connectivity index (χ3v) is 2.48. The summed E-state index contributed by atoms with van der Waals surface area (Å²) in [6, 6.07) is 1.55. The van der Waals surface area contributed by atoms with Gasteiger partial charge in [0.15, 0.2) is 11.5 Å². The Morgan fingerprint density at radius 3 is 3.18 bits per heavy atom. The highest BCUT2D eigenvalue weighted by molar-refractivity contribution is 6.08. The summed E-state index contributed by atoms with van der Waals surface area (Å²) >= 11 is 0. The summed E-state index contributed by atoms with van der Waals surface area (Å²) in [5.41, 5.74) is 5.47. The number of rotatable bonds is 1. The van der Waals surface area contributed by atoms with E-state index in [2.05, 4.69) is 15.6 Å². The largest absolute Gasteiger partial charge is 0.467 e. The SMILES string of the molecule is NC(=O)c1nnn2c1NC(=O)c1ccoc1C2. The lowest BCUT2D eigenvalue weighted by Gasteiger charge is -2.01. The first kappa shape index (κ1) is 9.58. The van der Waals surface area contributed by atoms with E-state index in [1.807, 2.05) is 0 Å². The summed E-state index contributed by atoms with van der Waals surface area (Å²) in [5.74, 6) is -0.474. The van der Waals surface area contributed by atoms with E-state index in [-0.39, 0.29) is 24.0 Å². The van der Waals surface area contributed by atoms with Crippen LogP contribution in [0, 0.1) is 0 Å². The van der Waals surface area contributed by atoms with Crippen molar-refractivity contribution >= 4 is 17.6 Å². The van der Waals surface area contributed by atoms with Crippen molar-refractivity contribution < 1.29 is 14.0 Å². The summed E-state index contributed by atoms with van der Waals surface area (Å²) < 4.78 is 6.52. The molecule has 0 saturated carbocycles. The van der Waals surface area contributed by atoms with Crippen molar-refractivity contribution in [3.63, 3.8) is 0 Å². The van der Waals surface area contributed by atoms with Crippen LogP contribution >= 0.6 is 0 Å². The van der Waals surface area contributed by atoms with Crippen molar-refractivity contribution in [2.75, 3.05) is 5.32 Å².